The highest BCUT2D eigenvalue weighted by molar-refractivity contribution is 5.93. The second kappa shape index (κ2) is 5.31. The molecule has 2 heterocycles. The topological polar surface area (TPSA) is 96.4 Å². The lowest BCUT2D eigenvalue weighted by molar-refractivity contribution is 0.625. The van der Waals surface area contributed by atoms with Crippen LogP contribution in [0.15, 0.2) is 48.8 Å². The number of nitrogens with one attached hydrogen (secondary N) is 2. The quantitative estimate of drug-likeness (QED) is 0.399. The molecule has 0 saturated heterocycles. The van der Waals surface area contributed by atoms with Gasteiger partial charge in [-0.2, -0.15) is 5.10 Å². The fraction of sp³-hybridized carbons (Fsp3) is 0. The van der Waals surface area contributed by atoms with Crippen LogP contribution in [0, 0.1) is 11.2 Å². The summed E-state index contributed by atoms with van der Waals surface area (Å²) >= 11 is 0. The van der Waals surface area contributed by atoms with Crippen molar-refractivity contribution < 1.29 is 4.39 Å². The molecule has 0 bridgehead atoms. The van der Waals surface area contributed by atoms with Crippen LogP contribution < -0.4 is 5.73 Å². The molecule has 4 aromatic rings. The number of aromatic nitrogens is 4. The molecular formula is C17H13FN6. The van der Waals surface area contributed by atoms with Crippen molar-refractivity contribution in [3.05, 3.63) is 60.2 Å². The molecule has 2 aromatic heterocycles. The van der Waals surface area contributed by atoms with Gasteiger partial charge in [0.1, 0.15) is 11.6 Å². The van der Waals surface area contributed by atoms with Gasteiger partial charge in [0.15, 0.2) is 0 Å². The number of rotatable bonds is 3. The minimum Gasteiger partial charge on any atom is -0.398 e. The predicted molar refractivity (Wildman–Crippen MR) is 90.9 cm³/mol. The van der Waals surface area contributed by atoms with Crippen LogP contribution in [0.3, 0.4) is 0 Å². The van der Waals surface area contributed by atoms with Crippen LogP contribution in [0.5, 0.6) is 0 Å². The summed E-state index contributed by atoms with van der Waals surface area (Å²) in [5.41, 5.74) is 9.92. The maximum atomic E-state index is 13.3. The Balaban J connectivity index is 1.77. The summed E-state index contributed by atoms with van der Waals surface area (Å²) in [6.45, 7) is 0. The smallest absolute Gasteiger partial charge is 0.141 e. The van der Waals surface area contributed by atoms with Gasteiger partial charge in [-0.25, -0.2) is 14.1 Å². The van der Waals surface area contributed by atoms with Gasteiger partial charge >= 0.3 is 0 Å². The van der Waals surface area contributed by atoms with Gasteiger partial charge in [-0.05, 0) is 30.3 Å². The van der Waals surface area contributed by atoms with Crippen molar-refractivity contribution in [2.75, 3.05) is 5.73 Å². The highest BCUT2D eigenvalue weighted by atomic mass is 19.1. The maximum absolute atomic E-state index is 13.3. The summed E-state index contributed by atoms with van der Waals surface area (Å²) in [6.07, 6.45) is 4.63. The van der Waals surface area contributed by atoms with E-state index in [-0.39, 0.29) is 5.82 Å². The van der Waals surface area contributed by atoms with Crippen molar-refractivity contribution in [3.8, 4) is 17.1 Å². The number of hydrogen-bond donors (Lipinski definition) is 3. The monoisotopic (exact) mass is 320 g/mol. The third kappa shape index (κ3) is 2.32. The van der Waals surface area contributed by atoms with Gasteiger partial charge in [0.25, 0.3) is 0 Å². The van der Waals surface area contributed by atoms with E-state index in [1.54, 1.807) is 41.3 Å². The van der Waals surface area contributed by atoms with Crippen LogP contribution in [0.4, 0.5) is 10.1 Å². The fourth-order valence-electron chi connectivity index (χ4n) is 2.56. The van der Waals surface area contributed by atoms with E-state index in [1.165, 1.54) is 18.3 Å². The number of aromatic amines is 1. The number of imidazole rings is 1. The van der Waals surface area contributed by atoms with Crippen molar-refractivity contribution in [2.24, 2.45) is 0 Å². The zero-order valence-corrected chi connectivity index (χ0v) is 12.5. The molecule has 0 spiro atoms. The van der Waals surface area contributed by atoms with Crippen molar-refractivity contribution in [3.63, 3.8) is 0 Å². The zero-order valence-electron chi connectivity index (χ0n) is 12.5. The lowest BCUT2D eigenvalue weighted by Crippen LogP contribution is -1.94. The predicted octanol–water partition coefficient (Wildman–Crippen LogP) is 3.13. The summed E-state index contributed by atoms with van der Waals surface area (Å²) < 4.78 is 14.9. The highest BCUT2D eigenvalue weighted by Crippen LogP contribution is 2.24. The number of fused-ring (bicyclic) bond motifs is 1. The molecule has 4 N–H and O–H groups in total. The van der Waals surface area contributed by atoms with Gasteiger partial charge in [-0.1, -0.05) is 6.07 Å². The lowest BCUT2D eigenvalue weighted by Gasteiger charge is -1.99. The van der Waals surface area contributed by atoms with Gasteiger partial charge in [-0.3, -0.25) is 0 Å². The molecule has 0 aliphatic rings. The van der Waals surface area contributed by atoms with Crippen LogP contribution in [0.25, 0.3) is 28.1 Å². The molecule has 6 nitrogen and oxygen atoms in total. The van der Waals surface area contributed by atoms with E-state index in [4.69, 9.17) is 11.1 Å². The Kier molecular flexibility index (Phi) is 3.13. The number of nitrogens with two attached hydrogens (primary N) is 1. The minimum absolute atomic E-state index is 0.317. The van der Waals surface area contributed by atoms with Gasteiger partial charge in [0, 0.05) is 23.7 Å². The molecular weight excluding hydrogens is 307 g/mol. The highest BCUT2D eigenvalue weighted by Gasteiger charge is 2.10. The lowest BCUT2D eigenvalue weighted by atomic mass is 10.2. The number of hydrogen-bond acceptors (Lipinski definition) is 4. The molecule has 0 fully saturated rings. The number of nitrogen functional groups attached to an aromatic ring is 1. The Morgan fingerprint density at radius 2 is 2.12 bits per heavy atom. The van der Waals surface area contributed by atoms with E-state index in [2.05, 4.69) is 15.1 Å². The molecule has 2 aromatic carbocycles. The van der Waals surface area contributed by atoms with E-state index in [0.717, 1.165) is 11.1 Å². The minimum atomic E-state index is -0.317. The van der Waals surface area contributed by atoms with Crippen LogP contribution in [0.2, 0.25) is 0 Å². The number of anilines is 1. The van der Waals surface area contributed by atoms with E-state index < -0.39 is 0 Å². The SMILES string of the molecule is N=Cc1cc2[nH]c(-c3cnn(-c4cccc(F)c4)c3)nc2cc1N. The van der Waals surface area contributed by atoms with E-state index in [0.29, 0.717) is 28.3 Å². The molecule has 0 aliphatic carbocycles. The third-order valence-corrected chi connectivity index (χ3v) is 3.77. The average Bonchev–Trinajstić information content (AvgIpc) is 3.20. The van der Waals surface area contributed by atoms with Gasteiger partial charge < -0.3 is 16.1 Å². The third-order valence-electron chi connectivity index (χ3n) is 3.77. The molecule has 0 amide bonds. The molecule has 4 rings (SSSR count). The summed E-state index contributed by atoms with van der Waals surface area (Å²) in [6, 6.07) is 9.72. The largest absolute Gasteiger partial charge is 0.398 e. The number of benzene rings is 2. The molecule has 0 radical (unpaired) electrons. The summed E-state index contributed by atoms with van der Waals surface area (Å²) in [5.74, 6) is 0.317. The number of H-pyrrole nitrogens is 1. The first-order chi connectivity index (χ1) is 11.6. The molecule has 24 heavy (non-hydrogen) atoms. The second-order valence-corrected chi connectivity index (χ2v) is 5.38. The molecule has 0 atom stereocenters. The Labute approximate surface area is 136 Å². The standard InChI is InChI=1S/C17H13FN6/c18-12-2-1-3-13(5-12)24-9-11(8-21-24)17-22-15-4-10(7-19)14(20)6-16(15)23-17/h1-9,19H,20H2,(H,22,23). The van der Waals surface area contributed by atoms with E-state index in [1.807, 2.05) is 0 Å². The second-order valence-electron chi connectivity index (χ2n) is 5.38. The number of halogens is 1. The zero-order chi connectivity index (χ0) is 16.7. The van der Waals surface area contributed by atoms with E-state index >= 15 is 0 Å². The van der Waals surface area contributed by atoms with Crippen molar-refractivity contribution in [1.29, 1.82) is 5.41 Å². The Morgan fingerprint density at radius 1 is 1.25 bits per heavy atom. The Bertz CT molecular complexity index is 1060. The van der Waals surface area contributed by atoms with Crippen LogP contribution in [0.1, 0.15) is 5.56 Å². The van der Waals surface area contributed by atoms with Crippen LogP contribution in [-0.2, 0) is 0 Å². The molecule has 0 saturated carbocycles. The van der Waals surface area contributed by atoms with Gasteiger partial charge in [-0.15, -0.1) is 0 Å². The summed E-state index contributed by atoms with van der Waals surface area (Å²) in [4.78, 5) is 7.70. The molecule has 0 unspecified atom stereocenters. The van der Waals surface area contributed by atoms with Crippen molar-refractivity contribution in [2.45, 2.75) is 0 Å². The first-order valence-corrected chi connectivity index (χ1v) is 7.25. The first-order valence-electron chi connectivity index (χ1n) is 7.25. The van der Waals surface area contributed by atoms with Crippen LogP contribution >= 0.6 is 0 Å². The van der Waals surface area contributed by atoms with Crippen molar-refractivity contribution in [1.82, 2.24) is 19.7 Å². The number of nitrogens with zero attached hydrogens (tertiary/aromatic N) is 3. The maximum Gasteiger partial charge on any atom is 0.141 e. The molecule has 118 valence electrons. The fourth-order valence-corrected chi connectivity index (χ4v) is 2.56. The Hall–Kier alpha value is -3.48. The van der Waals surface area contributed by atoms with Gasteiger partial charge in [0.05, 0.1) is 28.5 Å². The Morgan fingerprint density at radius 3 is 2.92 bits per heavy atom. The summed E-state index contributed by atoms with van der Waals surface area (Å²) in [5, 5.41) is 11.6. The van der Waals surface area contributed by atoms with E-state index in [9.17, 15) is 4.39 Å². The average molecular weight is 320 g/mol. The normalized spacial score (nSPS) is 11.0. The van der Waals surface area contributed by atoms with Crippen LogP contribution in [-0.4, -0.2) is 26.0 Å². The molecule has 0 aliphatic heterocycles. The van der Waals surface area contributed by atoms with Gasteiger partial charge in [0.2, 0.25) is 0 Å². The molecule has 7 heteroatoms. The van der Waals surface area contributed by atoms with Crippen molar-refractivity contribution >= 4 is 22.9 Å². The first kappa shape index (κ1) is 14.1. The summed E-state index contributed by atoms with van der Waals surface area (Å²) in [7, 11) is 0.